The smallest absolute Gasteiger partial charge is 0.378 e. The van der Waals surface area contributed by atoms with Gasteiger partial charge in [-0.3, -0.25) is 9.36 Å². The highest BCUT2D eigenvalue weighted by Gasteiger charge is 2.46. The first-order valence-corrected chi connectivity index (χ1v) is 9.35. The van der Waals surface area contributed by atoms with Crippen LogP contribution in [0.25, 0.3) is 0 Å². The van der Waals surface area contributed by atoms with Crippen LogP contribution >= 0.6 is 0 Å². The molecule has 3 heterocycles. The van der Waals surface area contributed by atoms with Gasteiger partial charge in [0.15, 0.2) is 0 Å². The molecule has 1 atom stereocenters. The summed E-state index contributed by atoms with van der Waals surface area (Å²) < 4.78 is 61.1. The summed E-state index contributed by atoms with van der Waals surface area (Å²) in [5.74, 6) is -0.141. The van der Waals surface area contributed by atoms with E-state index in [0.29, 0.717) is 37.7 Å². The Labute approximate surface area is 164 Å². The third kappa shape index (κ3) is 4.07. The number of ether oxygens (including phenoxy) is 1. The predicted octanol–water partition coefficient (Wildman–Crippen LogP) is 2.56. The van der Waals surface area contributed by atoms with E-state index in [1.165, 1.54) is 34.9 Å². The fourth-order valence-corrected chi connectivity index (χ4v) is 3.72. The van der Waals surface area contributed by atoms with Crippen LogP contribution in [0.5, 0.6) is 0 Å². The summed E-state index contributed by atoms with van der Waals surface area (Å²) in [5.41, 5.74) is 0.112. The molecule has 156 valence electrons. The van der Waals surface area contributed by atoms with Crippen LogP contribution in [0.4, 0.5) is 29.3 Å². The van der Waals surface area contributed by atoms with Crippen LogP contribution in [-0.2, 0) is 17.8 Å². The molecular weight excluding hydrogens is 392 g/mol. The van der Waals surface area contributed by atoms with E-state index in [9.17, 15) is 22.4 Å². The van der Waals surface area contributed by atoms with Gasteiger partial charge in [-0.1, -0.05) is 12.1 Å². The second-order valence-corrected chi connectivity index (χ2v) is 7.10. The van der Waals surface area contributed by atoms with Crippen LogP contribution in [0.1, 0.15) is 12.0 Å². The Morgan fingerprint density at radius 2 is 1.79 bits per heavy atom. The normalized spacial score (nSPS) is 19.9. The summed E-state index contributed by atoms with van der Waals surface area (Å²) >= 11 is 0. The zero-order valence-electron chi connectivity index (χ0n) is 15.5. The van der Waals surface area contributed by atoms with Gasteiger partial charge in [-0.05, 0) is 24.1 Å². The van der Waals surface area contributed by atoms with Crippen molar-refractivity contribution in [2.75, 3.05) is 36.1 Å². The molecule has 1 saturated heterocycles. The number of benzene rings is 1. The van der Waals surface area contributed by atoms with Crippen LogP contribution in [-0.4, -0.2) is 48.1 Å². The minimum Gasteiger partial charge on any atom is -0.378 e. The molecule has 0 saturated carbocycles. The minimum absolute atomic E-state index is 0.0168. The molecule has 2 aromatic rings. The Bertz CT molecular complexity index is 923. The molecule has 29 heavy (non-hydrogen) atoms. The number of alkyl halides is 3. The highest BCUT2D eigenvalue weighted by Crippen LogP contribution is 2.35. The number of aromatic nitrogens is 2. The van der Waals surface area contributed by atoms with Crippen molar-refractivity contribution in [1.29, 1.82) is 0 Å². The number of hydrogen-bond acceptors (Lipinski definition) is 5. The summed E-state index contributed by atoms with van der Waals surface area (Å²) in [7, 11) is 0. The standard InChI is InChI=1S/C19H20F4N4O2/c20-14-3-1-13(2-4-14)12-27-15(19(21,22)23)5-6-26-17(28)11-16(24-18(26)27)25-7-9-29-10-8-25/h1-4,11,15H,5-10,12H2/t15-/m0/s1. The fraction of sp³-hybridized carbons (Fsp3) is 0.474. The first-order valence-electron chi connectivity index (χ1n) is 9.35. The lowest BCUT2D eigenvalue weighted by molar-refractivity contribution is -0.153. The number of hydrogen-bond donors (Lipinski definition) is 0. The van der Waals surface area contributed by atoms with E-state index in [4.69, 9.17) is 4.74 Å². The third-order valence-electron chi connectivity index (χ3n) is 5.21. The molecule has 2 aliphatic heterocycles. The molecule has 0 aliphatic carbocycles. The lowest BCUT2D eigenvalue weighted by Gasteiger charge is -2.39. The van der Waals surface area contributed by atoms with E-state index in [0.717, 1.165) is 4.90 Å². The van der Waals surface area contributed by atoms with E-state index >= 15 is 0 Å². The lowest BCUT2D eigenvalue weighted by atomic mass is 10.1. The van der Waals surface area contributed by atoms with E-state index in [-0.39, 0.29) is 31.0 Å². The van der Waals surface area contributed by atoms with Crippen LogP contribution in [0.15, 0.2) is 35.1 Å². The summed E-state index contributed by atoms with van der Waals surface area (Å²) in [6.07, 6.45) is -4.74. The Balaban J connectivity index is 1.76. The van der Waals surface area contributed by atoms with Crippen molar-refractivity contribution >= 4 is 11.8 Å². The van der Waals surface area contributed by atoms with E-state index in [2.05, 4.69) is 4.98 Å². The molecule has 6 nitrogen and oxygen atoms in total. The van der Waals surface area contributed by atoms with E-state index < -0.39 is 18.0 Å². The van der Waals surface area contributed by atoms with Gasteiger partial charge in [-0.2, -0.15) is 18.2 Å². The van der Waals surface area contributed by atoms with Gasteiger partial charge in [0, 0.05) is 32.2 Å². The maximum Gasteiger partial charge on any atom is 0.408 e. The Morgan fingerprint density at radius 1 is 1.10 bits per heavy atom. The third-order valence-corrected chi connectivity index (χ3v) is 5.21. The zero-order valence-corrected chi connectivity index (χ0v) is 15.5. The molecule has 0 spiro atoms. The van der Waals surface area contributed by atoms with Crippen molar-refractivity contribution in [1.82, 2.24) is 9.55 Å². The maximum absolute atomic E-state index is 13.8. The largest absolute Gasteiger partial charge is 0.408 e. The molecule has 0 amide bonds. The zero-order chi connectivity index (χ0) is 20.6. The SMILES string of the molecule is O=c1cc(N2CCOCC2)nc2n1CC[C@@H](C(F)(F)F)N2Cc1ccc(F)cc1. The molecule has 1 aromatic carbocycles. The Kier molecular flexibility index (Phi) is 5.20. The summed E-state index contributed by atoms with van der Waals surface area (Å²) in [5, 5.41) is 0. The molecule has 4 rings (SSSR count). The van der Waals surface area contributed by atoms with Crippen LogP contribution in [0, 0.1) is 5.82 Å². The first-order chi connectivity index (χ1) is 13.8. The molecule has 0 bridgehead atoms. The molecule has 1 fully saturated rings. The molecule has 0 radical (unpaired) electrons. The van der Waals surface area contributed by atoms with Crippen LogP contribution in [0.2, 0.25) is 0 Å². The number of fused-ring (bicyclic) bond motifs is 1. The number of morpholine rings is 1. The van der Waals surface area contributed by atoms with Gasteiger partial charge in [0.1, 0.15) is 17.7 Å². The van der Waals surface area contributed by atoms with Crippen molar-refractivity contribution < 1.29 is 22.3 Å². The fourth-order valence-electron chi connectivity index (χ4n) is 3.72. The molecule has 1 aromatic heterocycles. The predicted molar refractivity (Wildman–Crippen MR) is 98.6 cm³/mol. The van der Waals surface area contributed by atoms with Gasteiger partial charge in [-0.15, -0.1) is 0 Å². The van der Waals surface area contributed by atoms with Crippen molar-refractivity contribution in [2.45, 2.75) is 31.7 Å². The average Bonchev–Trinajstić information content (AvgIpc) is 2.70. The monoisotopic (exact) mass is 412 g/mol. The molecule has 2 aliphatic rings. The summed E-state index contributed by atoms with van der Waals surface area (Å²) in [6.45, 7) is 1.75. The van der Waals surface area contributed by atoms with Gasteiger partial charge in [-0.25, -0.2) is 4.39 Å². The molecule has 10 heteroatoms. The van der Waals surface area contributed by atoms with Crippen molar-refractivity contribution in [2.24, 2.45) is 0 Å². The number of anilines is 2. The van der Waals surface area contributed by atoms with Crippen molar-refractivity contribution in [3.63, 3.8) is 0 Å². The highest BCUT2D eigenvalue weighted by atomic mass is 19.4. The summed E-state index contributed by atoms with van der Waals surface area (Å²) in [4.78, 5) is 20.0. The van der Waals surface area contributed by atoms with E-state index in [1.807, 2.05) is 4.90 Å². The first kappa shape index (κ1) is 19.7. The van der Waals surface area contributed by atoms with Gasteiger partial charge in [0.2, 0.25) is 5.95 Å². The summed E-state index contributed by atoms with van der Waals surface area (Å²) in [6, 6.07) is 4.86. The van der Waals surface area contributed by atoms with Crippen LogP contribution in [0.3, 0.4) is 0 Å². The number of rotatable bonds is 3. The van der Waals surface area contributed by atoms with Crippen LogP contribution < -0.4 is 15.4 Å². The topological polar surface area (TPSA) is 50.6 Å². The molecule has 0 N–H and O–H groups in total. The Morgan fingerprint density at radius 3 is 2.45 bits per heavy atom. The minimum atomic E-state index is -4.49. The number of halogens is 4. The number of nitrogens with zero attached hydrogens (tertiary/aromatic N) is 4. The molecular formula is C19H20F4N4O2. The van der Waals surface area contributed by atoms with E-state index in [1.54, 1.807) is 0 Å². The highest BCUT2D eigenvalue weighted by molar-refractivity contribution is 5.47. The Hall–Kier alpha value is -2.62. The van der Waals surface area contributed by atoms with Crippen molar-refractivity contribution in [3.8, 4) is 0 Å². The van der Waals surface area contributed by atoms with Gasteiger partial charge < -0.3 is 14.5 Å². The molecule has 0 unspecified atom stereocenters. The van der Waals surface area contributed by atoms with Gasteiger partial charge in [0.25, 0.3) is 5.56 Å². The maximum atomic E-state index is 13.8. The second-order valence-electron chi connectivity index (χ2n) is 7.10. The quantitative estimate of drug-likeness (QED) is 0.726. The van der Waals surface area contributed by atoms with Gasteiger partial charge >= 0.3 is 6.18 Å². The second kappa shape index (κ2) is 7.66. The average molecular weight is 412 g/mol. The van der Waals surface area contributed by atoms with Crippen molar-refractivity contribution in [3.05, 3.63) is 52.1 Å². The lowest BCUT2D eigenvalue weighted by Crippen LogP contribution is -2.52. The van der Waals surface area contributed by atoms with Gasteiger partial charge in [0.05, 0.1) is 13.2 Å².